The number of rotatable bonds is 4. The Balaban J connectivity index is 1.45. The van der Waals surface area contributed by atoms with Gasteiger partial charge in [-0.15, -0.1) is 11.3 Å². The summed E-state index contributed by atoms with van der Waals surface area (Å²) >= 11 is 3.48. The van der Waals surface area contributed by atoms with Gasteiger partial charge in [-0.3, -0.25) is 4.79 Å². The lowest BCUT2D eigenvalue weighted by Crippen LogP contribution is -2.41. The molecule has 5 rings (SSSR count). The van der Waals surface area contributed by atoms with Crippen LogP contribution >= 0.6 is 23.1 Å². The minimum absolute atomic E-state index is 0.195. The zero-order valence-corrected chi connectivity index (χ0v) is 17.3. The monoisotopic (exact) mass is 403 g/mol. The number of morpholine rings is 1. The molecule has 144 valence electrons. The number of aryl methyl sites for hydroxylation is 1. The average Bonchev–Trinajstić information content (AvgIpc) is 3.47. The molecule has 0 unspecified atom stereocenters. The summed E-state index contributed by atoms with van der Waals surface area (Å²) in [6.45, 7) is 5.05. The van der Waals surface area contributed by atoms with E-state index in [-0.39, 0.29) is 5.91 Å². The van der Waals surface area contributed by atoms with Gasteiger partial charge in [-0.1, -0.05) is 18.7 Å². The number of aromatic nitrogens is 2. The molecule has 1 saturated heterocycles. The third kappa shape index (κ3) is 3.61. The number of hydrogen-bond donors (Lipinski definition) is 0. The molecule has 0 aromatic carbocycles. The normalized spacial score (nSPS) is 22.9. The fraction of sp³-hybridized carbons (Fsp3) is 0.650. The number of amides is 1. The van der Waals surface area contributed by atoms with Crippen LogP contribution in [-0.4, -0.2) is 52.8 Å². The van der Waals surface area contributed by atoms with Crippen LogP contribution in [0.15, 0.2) is 5.03 Å². The average molecular weight is 404 g/mol. The molecule has 0 bridgehead atoms. The Morgan fingerprint density at radius 1 is 1.26 bits per heavy atom. The first-order valence-electron chi connectivity index (χ1n) is 9.99. The fourth-order valence-electron chi connectivity index (χ4n) is 3.99. The lowest BCUT2D eigenvalue weighted by molar-refractivity contribution is -0.132. The first kappa shape index (κ1) is 17.9. The Morgan fingerprint density at radius 3 is 2.85 bits per heavy atom. The van der Waals surface area contributed by atoms with E-state index in [9.17, 15) is 4.79 Å². The van der Waals surface area contributed by atoms with Gasteiger partial charge in [0.25, 0.3) is 0 Å². The first-order valence-corrected chi connectivity index (χ1v) is 11.8. The van der Waals surface area contributed by atoms with E-state index in [2.05, 4.69) is 6.92 Å². The van der Waals surface area contributed by atoms with Crippen molar-refractivity contribution >= 4 is 39.2 Å². The molecule has 7 heteroatoms. The second kappa shape index (κ2) is 7.33. The quantitative estimate of drug-likeness (QED) is 0.576. The Morgan fingerprint density at radius 2 is 2.07 bits per heavy atom. The maximum atomic E-state index is 12.6. The Kier molecular flexibility index (Phi) is 4.86. The lowest BCUT2D eigenvalue weighted by Gasteiger charge is -2.26. The summed E-state index contributed by atoms with van der Waals surface area (Å²) in [4.78, 5) is 27.0. The summed E-state index contributed by atoms with van der Waals surface area (Å²) in [5, 5.41) is 2.28. The second-order valence-corrected chi connectivity index (χ2v) is 10.0. The van der Waals surface area contributed by atoms with E-state index >= 15 is 0 Å². The van der Waals surface area contributed by atoms with Crippen molar-refractivity contribution in [3.63, 3.8) is 0 Å². The lowest BCUT2D eigenvalue weighted by atomic mass is 9.89. The predicted octanol–water partition coefficient (Wildman–Crippen LogP) is 3.64. The van der Waals surface area contributed by atoms with Crippen LogP contribution in [0, 0.1) is 5.92 Å². The van der Waals surface area contributed by atoms with E-state index in [1.165, 1.54) is 35.1 Å². The van der Waals surface area contributed by atoms with Crippen molar-refractivity contribution in [1.82, 2.24) is 14.9 Å². The van der Waals surface area contributed by atoms with Crippen LogP contribution in [0.25, 0.3) is 10.2 Å². The van der Waals surface area contributed by atoms with E-state index in [1.54, 1.807) is 11.8 Å². The minimum atomic E-state index is 0.195. The molecule has 3 aliphatic rings. The molecule has 2 fully saturated rings. The number of nitrogens with zero attached hydrogens (tertiary/aromatic N) is 3. The molecule has 1 atom stereocenters. The van der Waals surface area contributed by atoms with E-state index < -0.39 is 0 Å². The topological polar surface area (TPSA) is 55.3 Å². The number of carbonyl (C=O) groups excluding carboxylic acids is 1. The van der Waals surface area contributed by atoms with Crippen molar-refractivity contribution < 1.29 is 9.53 Å². The van der Waals surface area contributed by atoms with Crippen LogP contribution in [-0.2, 0) is 22.4 Å². The highest BCUT2D eigenvalue weighted by atomic mass is 32.2. The molecule has 0 N–H and O–H groups in total. The molecule has 0 radical (unpaired) electrons. The summed E-state index contributed by atoms with van der Waals surface area (Å²) < 4.78 is 5.36. The molecular weight excluding hydrogens is 378 g/mol. The highest BCUT2D eigenvalue weighted by Crippen LogP contribution is 2.44. The van der Waals surface area contributed by atoms with Gasteiger partial charge in [-0.05, 0) is 43.6 Å². The predicted molar refractivity (Wildman–Crippen MR) is 109 cm³/mol. The van der Waals surface area contributed by atoms with Crippen LogP contribution in [0.1, 0.15) is 48.4 Å². The first-order chi connectivity index (χ1) is 13.2. The van der Waals surface area contributed by atoms with Crippen molar-refractivity contribution in [2.45, 2.75) is 50.0 Å². The van der Waals surface area contributed by atoms with Crippen LogP contribution < -0.4 is 0 Å². The molecular formula is C20H25N3O2S2. The van der Waals surface area contributed by atoms with Crippen molar-refractivity contribution in [2.75, 3.05) is 32.1 Å². The molecule has 3 heterocycles. The van der Waals surface area contributed by atoms with Gasteiger partial charge in [0, 0.05) is 29.3 Å². The van der Waals surface area contributed by atoms with Crippen LogP contribution in [0.2, 0.25) is 0 Å². The maximum Gasteiger partial charge on any atom is 0.233 e. The third-order valence-electron chi connectivity index (χ3n) is 5.78. The largest absolute Gasteiger partial charge is 0.378 e. The molecule has 1 amide bonds. The fourth-order valence-corrected chi connectivity index (χ4v) is 6.41. The van der Waals surface area contributed by atoms with Crippen molar-refractivity contribution in [3.8, 4) is 0 Å². The van der Waals surface area contributed by atoms with E-state index in [0.717, 1.165) is 34.4 Å². The van der Waals surface area contributed by atoms with Gasteiger partial charge in [-0.2, -0.15) is 0 Å². The van der Waals surface area contributed by atoms with E-state index in [0.29, 0.717) is 38.0 Å². The Labute approximate surface area is 167 Å². The van der Waals surface area contributed by atoms with E-state index in [4.69, 9.17) is 14.7 Å². The Bertz CT molecular complexity index is 872. The molecule has 5 nitrogen and oxygen atoms in total. The van der Waals surface area contributed by atoms with Crippen molar-refractivity contribution in [1.29, 1.82) is 0 Å². The van der Waals surface area contributed by atoms with Gasteiger partial charge in [-0.25, -0.2) is 9.97 Å². The number of ether oxygens (including phenoxy) is 1. The number of hydrogen-bond acceptors (Lipinski definition) is 6. The summed E-state index contributed by atoms with van der Waals surface area (Å²) in [7, 11) is 0. The zero-order valence-electron chi connectivity index (χ0n) is 15.7. The van der Waals surface area contributed by atoms with Gasteiger partial charge < -0.3 is 9.64 Å². The van der Waals surface area contributed by atoms with Gasteiger partial charge >= 0.3 is 0 Å². The van der Waals surface area contributed by atoms with Gasteiger partial charge in [0.05, 0.1) is 19.0 Å². The number of thioether (sulfide) groups is 1. The third-order valence-corrected chi connectivity index (χ3v) is 7.89. The van der Waals surface area contributed by atoms with Gasteiger partial charge in [0.15, 0.2) is 0 Å². The van der Waals surface area contributed by atoms with Gasteiger partial charge in [0.2, 0.25) is 5.91 Å². The maximum absolute atomic E-state index is 12.6. The highest BCUT2D eigenvalue weighted by Gasteiger charge is 2.30. The minimum Gasteiger partial charge on any atom is -0.378 e. The second-order valence-electron chi connectivity index (χ2n) is 7.97. The van der Waals surface area contributed by atoms with E-state index in [1.807, 2.05) is 16.2 Å². The number of carbonyl (C=O) groups is 1. The smallest absolute Gasteiger partial charge is 0.233 e. The zero-order chi connectivity index (χ0) is 18.4. The SMILES string of the molecule is C[C@H]1CCc2c(sc3nc(C4CC4)nc(SCC(=O)N4CCOCC4)c23)C1. The van der Waals surface area contributed by atoms with Crippen LogP contribution in [0.3, 0.4) is 0 Å². The number of thiophene rings is 1. The summed E-state index contributed by atoms with van der Waals surface area (Å²) in [6, 6.07) is 0. The molecule has 1 aliphatic heterocycles. The standard InChI is InChI=1S/C20H25N3O2S2/c1-12-2-5-14-15(10-12)27-20-17(14)19(21-18(22-20)13-3-4-13)26-11-16(24)23-6-8-25-9-7-23/h12-13H,2-11H2,1H3/t12-/m0/s1. The molecule has 2 aromatic heterocycles. The van der Waals surface area contributed by atoms with Gasteiger partial charge in [0.1, 0.15) is 15.7 Å². The molecule has 2 aliphatic carbocycles. The summed E-state index contributed by atoms with van der Waals surface area (Å²) in [6.07, 6.45) is 5.91. The van der Waals surface area contributed by atoms with Crippen LogP contribution in [0.4, 0.5) is 0 Å². The summed E-state index contributed by atoms with van der Waals surface area (Å²) in [5.74, 6) is 2.93. The highest BCUT2D eigenvalue weighted by molar-refractivity contribution is 8.00. The number of fused-ring (bicyclic) bond motifs is 3. The Hall–Kier alpha value is -1.18. The van der Waals surface area contributed by atoms with Crippen molar-refractivity contribution in [2.24, 2.45) is 5.92 Å². The molecule has 0 spiro atoms. The van der Waals surface area contributed by atoms with Crippen LogP contribution in [0.5, 0.6) is 0 Å². The molecule has 1 saturated carbocycles. The molecule has 27 heavy (non-hydrogen) atoms. The summed E-state index contributed by atoms with van der Waals surface area (Å²) in [5.41, 5.74) is 1.46. The van der Waals surface area contributed by atoms with Crippen molar-refractivity contribution in [3.05, 3.63) is 16.3 Å². The molecule has 2 aromatic rings.